The molecule has 2 saturated carbocycles. The second-order valence-corrected chi connectivity index (χ2v) is 5.50. The lowest BCUT2D eigenvalue weighted by molar-refractivity contribution is -0.139. The number of rotatable bonds is 1. The Kier molecular flexibility index (Phi) is 2.22. The number of benzene rings is 1. The Morgan fingerprint density at radius 2 is 1.65 bits per heavy atom. The first kappa shape index (κ1) is 10.7. The van der Waals surface area contributed by atoms with Crippen molar-refractivity contribution < 1.29 is 9.59 Å². The molecule has 0 amide bonds. The van der Waals surface area contributed by atoms with Gasteiger partial charge in [0.1, 0.15) is 11.6 Å². The van der Waals surface area contributed by atoms with Crippen molar-refractivity contribution in [2.75, 3.05) is 0 Å². The highest BCUT2D eigenvalue weighted by molar-refractivity contribution is 6.13. The predicted octanol–water partition coefficient (Wildman–Crippen LogP) is 2.73. The molecule has 2 aliphatic carbocycles. The maximum Gasteiger partial charge on any atom is 0.147 e. The zero-order valence-electron chi connectivity index (χ0n) is 9.98. The molecule has 0 saturated heterocycles. The fourth-order valence-corrected chi connectivity index (χ4v) is 3.19. The molecule has 2 fully saturated rings. The maximum absolute atomic E-state index is 12.2. The average molecular weight is 228 g/mol. The van der Waals surface area contributed by atoms with E-state index in [4.69, 9.17) is 0 Å². The highest BCUT2D eigenvalue weighted by Crippen LogP contribution is 2.63. The number of hydrogen-bond donors (Lipinski definition) is 0. The SMILES string of the molecule is CC1CC(=O)C2(CC2c2ccccc2)C(=O)C1. The molecule has 0 aliphatic heterocycles. The van der Waals surface area contributed by atoms with Gasteiger partial charge in [0.15, 0.2) is 0 Å². The van der Waals surface area contributed by atoms with Gasteiger partial charge in [0.05, 0.1) is 5.41 Å². The molecule has 2 aliphatic rings. The first-order valence-corrected chi connectivity index (χ1v) is 6.26. The topological polar surface area (TPSA) is 34.1 Å². The van der Waals surface area contributed by atoms with Crippen molar-refractivity contribution >= 4 is 11.6 Å². The summed E-state index contributed by atoms with van der Waals surface area (Å²) in [5, 5.41) is 0. The Morgan fingerprint density at radius 1 is 1.06 bits per heavy atom. The van der Waals surface area contributed by atoms with E-state index in [1.807, 2.05) is 37.3 Å². The number of hydrogen-bond acceptors (Lipinski definition) is 2. The van der Waals surface area contributed by atoms with E-state index in [1.165, 1.54) is 0 Å². The fourth-order valence-electron chi connectivity index (χ4n) is 3.19. The summed E-state index contributed by atoms with van der Waals surface area (Å²) >= 11 is 0. The first-order valence-electron chi connectivity index (χ1n) is 6.26. The third-order valence-electron chi connectivity index (χ3n) is 4.23. The van der Waals surface area contributed by atoms with Crippen LogP contribution < -0.4 is 0 Å². The van der Waals surface area contributed by atoms with Crippen LogP contribution in [-0.4, -0.2) is 11.6 Å². The third-order valence-corrected chi connectivity index (χ3v) is 4.23. The first-order chi connectivity index (χ1) is 8.14. The maximum atomic E-state index is 12.2. The van der Waals surface area contributed by atoms with Gasteiger partial charge < -0.3 is 0 Å². The van der Waals surface area contributed by atoms with Gasteiger partial charge >= 0.3 is 0 Å². The van der Waals surface area contributed by atoms with Crippen LogP contribution in [0.25, 0.3) is 0 Å². The zero-order valence-corrected chi connectivity index (χ0v) is 9.98. The minimum atomic E-state index is -0.631. The van der Waals surface area contributed by atoms with E-state index in [2.05, 4.69) is 0 Å². The number of ketones is 2. The van der Waals surface area contributed by atoms with Gasteiger partial charge in [-0.15, -0.1) is 0 Å². The Bertz CT molecular complexity index is 457. The minimum Gasteiger partial charge on any atom is -0.299 e. The molecule has 17 heavy (non-hydrogen) atoms. The van der Waals surface area contributed by atoms with Crippen molar-refractivity contribution in [3.05, 3.63) is 35.9 Å². The van der Waals surface area contributed by atoms with Gasteiger partial charge in [-0.3, -0.25) is 9.59 Å². The van der Waals surface area contributed by atoms with Crippen LogP contribution in [0.5, 0.6) is 0 Å². The van der Waals surface area contributed by atoms with E-state index in [9.17, 15) is 9.59 Å². The van der Waals surface area contributed by atoms with Gasteiger partial charge in [0.2, 0.25) is 0 Å². The summed E-state index contributed by atoms with van der Waals surface area (Å²) in [5.74, 6) is 0.735. The molecule has 1 aromatic rings. The lowest BCUT2D eigenvalue weighted by Gasteiger charge is -2.24. The van der Waals surface area contributed by atoms with E-state index in [0.717, 1.165) is 12.0 Å². The van der Waals surface area contributed by atoms with Gasteiger partial charge in [-0.2, -0.15) is 0 Å². The second kappa shape index (κ2) is 3.52. The van der Waals surface area contributed by atoms with Crippen LogP contribution in [0, 0.1) is 11.3 Å². The monoisotopic (exact) mass is 228 g/mol. The van der Waals surface area contributed by atoms with Crippen LogP contribution in [0.4, 0.5) is 0 Å². The van der Waals surface area contributed by atoms with Crippen LogP contribution in [0.2, 0.25) is 0 Å². The van der Waals surface area contributed by atoms with Crippen LogP contribution in [0.1, 0.15) is 37.7 Å². The van der Waals surface area contributed by atoms with Crippen molar-refractivity contribution in [2.24, 2.45) is 11.3 Å². The summed E-state index contributed by atoms with van der Waals surface area (Å²) in [5.41, 5.74) is 0.511. The molecule has 1 unspecified atom stereocenters. The summed E-state index contributed by atoms with van der Waals surface area (Å²) in [6.45, 7) is 1.99. The van der Waals surface area contributed by atoms with Crippen molar-refractivity contribution in [2.45, 2.75) is 32.1 Å². The molecule has 1 spiro atoms. The quantitative estimate of drug-likeness (QED) is 0.692. The molecule has 0 radical (unpaired) electrons. The summed E-state index contributed by atoms with van der Waals surface area (Å²) in [6.07, 6.45) is 1.89. The molecule has 0 aromatic heterocycles. The van der Waals surface area contributed by atoms with Crippen LogP contribution in [0.3, 0.4) is 0 Å². The fraction of sp³-hybridized carbons (Fsp3) is 0.467. The smallest absolute Gasteiger partial charge is 0.147 e. The number of carbonyl (C=O) groups is 2. The van der Waals surface area contributed by atoms with E-state index in [-0.39, 0.29) is 23.4 Å². The van der Waals surface area contributed by atoms with Crippen molar-refractivity contribution in [1.82, 2.24) is 0 Å². The van der Waals surface area contributed by atoms with Crippen molar-refractivity contribution in [3.63, 3.8) is 0 Å². The average Bonchev–Trinajstić information content (AvgIpc) is 3.04. The standard InChI is InChI=1S/C15H16O2/c1-10-7-13(16)15(14(17)8-10)9-12(15)11-5-3-2-4-6-11/h2-6,10,12H,7-9H2,1H3. The van der Waals surface area contributed by atoms with E-state index >= 15 is 0 Å². The van der Waals surface area contributed by atoms with Gasteiger partial charge in [-0.25, -0.2) is 0 Å². The zero-order chi connectivity index (χ0) is 12.0. The Morgan fingerprint density at radius 3 is 2.24 bits per heavy atom. The largest absolute Gasteiger partial charge is 0.299 e. The van der Waals surface area contributed by atoms with E-state index < -0.39 is 5.41 Å². The van der Waals surface area contributed by atoms with Crippen molar-refractivity contribution in [1.29, 1.82) is 0 Å². The van der Waals surface area contributed by atoms with E-state index in [0.29, 0.717) is 12.8 Å². The Balaban J connectivity index is 1.91. The van der Waals surface area contributed by atoms with Crippen LogP contribution >= 0.6 is 0 Å². The highest BCUT2D eigenvalue weighted by Gasteiger charge is 2.65. The van der Waals surface area contributed by atoms with Gasteiger partial charge in [-0.1, -0.05) is 37.3 Å². The van der Waals surface area contributed by atoms with Crippen LogP contribution in [0.15, 0.2) is 30.3 Å². The normalized spacial score (nSPS) is 36.3. The second-order valence-electron chi connectivity index (χ2n) is 5.50. The number of Topliss-reactive ketones (excluding diaryl/α,β-unsaturated/α-hetero) is 2. The summed E-state index contributed by atoms with van der Waals surface area (Å²) in [7, 11) is 0. The van der Waals surface area contributed by atoms with Gasteiger partial charge in [-0.05, 0) is 17.9 Å². The molecule has 0 heterocycles. The molecule has 88 valence electrons. The Hall–Kier alpha value is -1.44. The van der Waals surface area contributed by atoms with E-state index in [1.54, 1.807) is 0 Å². The summed E-state index contributed by atoms with van der Waals surface area (Å²) < 4.78 is 0. The predicted molar refractivity (Wildman–Crippen MR) is 64.6 cm³/mol. The Labute approximate surface area is 101 Å². The molecule has 2 heteroatoms. The van der Waals surface area contributed by atoms with Crippen molar-refractivity contribution in [3.8, 4) is 0 Å². The molecule has 1 atom stereocenters. The number of carbonyl (C=O) groups excluding carboxylic acids is 2. The molecule has 0 N–H and O–H groups in total. The van der Waals surface area contributed by atoms with Gasteiger partial charge in [0, 0.05) is 18.8 Å². The molecule has 0 bridgehead atoms. The van der Waals surface area contributed by atoms with Gasteiger partial charge in [0.25, 0.3) is 0 Å². The summed E-state index contributed by atoms with van der Waals surface area (Å²) in [4.78, 5) is 24.3. The highest BCUT2D eigenvalue weighted by atomic mass is 16.2. The lowest BCUT2D eigenvalue weighted by Crippen LogP contribution is -2.35. The third kappa shape index (κ3) is 1.47. The lowest BCUT2D eigenvalue weighted by atomic mass is 9.76. The summed E-state index contributed by atoms with van der Waals surface area (Å²) in [6, 6.07) is 9.96. The molecule has 2 nitrogen and oxygen atoms in total. The van der Waals surface area contributed by atoms with Crippen LogP contribution in [-0.2, 0) is 9.59 Å². The molecular weight excluding hydrogens is 212 g/mol. The molecule has 3 rings (SSSR count). The minimum absolute atomic E-state index is 0.149. The molecular formula is C15H16O2. The molecule has 1 aromatic carbocycles.